The molecule has 3 nitrogen and oxygen atoms in total. The van der Waals surface area contributed by atoms with Crippen LogP contribution in [0.2, 0.25) is 0 Å². The first-order valence-electron chi connectivity index (χ1n) is 6.95. The Hall–Kier alpha value is -2.20. The van der Waals surface area contributed by atoms with Crippen LogP contribution in [0.5, 0.6) is 0 Å². The zero-order valence-electron chi connectivity index (χ0n) is 12.0. The van der Waals surface area contributed by atoms with E-state index in [0.29, 0.717) is 27.7 Å². The highest BCUT2D eigenvalue weighted by Crippen LogP contribution is 2.37. The predicted molar refractivity (Wildman–Crippen MR) is 91.5 cm³/mol. The molecule has 3 rings (SSSR count). The number of carboxylic acids is 1. The number of rotatable bonds is 3. The van der Waals surface area contributed by atoms with E-state index in [4.69, 9.17) is 4.98 Å². The molecule has 1 heterocycles. The molecule has 2 aromatic carbocycles. The summed E-state index contributed by atoms with van der Waals surface area (Å²) in [5, 5.41) is 10.4. The van der Waals surface area contributed by atoms with E-state index in [1.807, 2.05) is 55.5 Å². The summed E-state index contributed by atoms with van der Waals surface area (Å²) < 4.78 is 0. The summed E-state index contributed by atoms with van der Waals surface area (Å²) in [6.45, 7) is 1.92. The molecule has 3 aromatic rings. The molecule has 0 amide bonds. The Kier molecular flexibility index (Phi) is 3.94. The van der Waals surface area contributed by atoms with Crippen LogP contribution in [0.25, 0.3) is 22.2 Å². The van der Waals surface area contributed by atoms with E-state index in [-0.39, 0.29) is 4.83 Å². The van der Waals surface area contributed by atoms with E-state index < -0.39 is 5.97 Å². The minimum absolute atomic E-state index is 0.120. The number of carbonyl (C=O) groups is 1. The van der Waals surface area contributed by atoms with Crippen molar-refractivity contribution in [1.82, 2.24) is 4.98 Å². The minimum atomic E-state index is -0.933. The largest absolute Gasteiger partial charge is 0.478 e. The number of benzene rings is 2. The second kappa shape index (κ2) is 5.89. The zero-order chi connectivity index (χ0) is 15.7. The fourth-order valence-electron chi connectivity index (χ4n) is 2.66. The van der Waals surface area contributed by atoms with Crippen LogP contribution in [0, 0.1) is 0 Å². The Bertz CT molecular complexity index is 844. The van der Waals surface area contributed by atoms with E-state index in [0.717, 1.165) is 5.56 Å². The van der Waals surface area contributed by atoms with Crippen LogP contribution >= 0.6 is 15.9 Å². The topological polar surface area (TPSA) is 50.2 Å². The molecule has 0 aliphatic rings. The number of carboxylic acid groups (broad SMARTS) is 1. The van der Waals surface area contributed by atoms with Crippen molar-refractivity contribution in [2.45, 2.75) is 11.8 Å². The molecule has 0 aliphatic carbocycles. The first kappa shape index (κ1) is 14.7. The molecule has 1 unspecified atom stereocenters. The van der Waals surface area contributed by atoms with Crippen molar-refractivity contribution in [3.63, 3.8) is 0 Å². The average molecular weight is 356 g/mol. The smallest absolute Gasteiger partial charge is 0.336 e. The van der Waals surface area contributed by atoms with Crippen LogP contribution in [0.4, 0.5) is 0 Å². The maximum atomic E-state index is 11.9. The fourth-order valence-corrected chi connectivity index (χ4v) is 3.11. The minimum Gasteiger partial charge on any atom is -0.478 e. The van der Waals surface area contributed by atoms with Crippen molar-refractivity contribution in [1.29, 1.82) is 0 Å². The predicted octanol–water partition coefficient (Wildman–Crippen LogP) is 5.06. The van der Waals surface area contributed by atoms with Gasteiger partial charge in [0.25, 0.3) is 0 Å². The summed E-state index contributed by atoms with van der Waals surface area (Å²) in [7, 11) is 0. The standard InChI is InChI=1S/C18H14BrNO2/c1-11(19)15-16(18(21)22)13-9-5-6-10-14(13)20-17(15)12-7-3-2-4-8-12/h2-11H,1H3,(H,21,22). The van der Waals surface area contributed by atoms with Crippen LogP contribution < -0.4 is 0 Å². The molecule has 0 aliphatic heterocycles. The number of aromatic carboxylic acids is 1. The second-order valence-corrected chi connectivity index (χ2v) is 6.43. The number of aromatic nitrogens is 1. The van der Waals surface area contributed by atoms with Crippen LogP contribution in [0.3, 0.4) is 0 Å². The quantitative estimate of drug-likeness (QED) is 0.668. The van der Waals surface area contributed by atoms with Gasteiger partial charge in [-0.25, -0.2) is 9.78 Å². The lowest BCUT2D eigenvalue weighted by Crippen LogP contribution is -2.08. The van der Waals surface area contributed by atoms with Crippen molar-refractivity contribution in [2.24, 2.45) is 0 Å². The van der Waals surface area contributed by atoms with E-state index in [2.05, 4.69) is 15.9 Å². The van der Waals surface area contributed by atoms with Crippen molar-refractivity contribution in [2.75, 3.05) is 0 Å². The van der Waals surface area contributed by atoms with Gasteiger partial charge < -0.3 is 5.11 Å². The van der Waals surface area contributed by atoms with Crippen LogP contribution in [-0.2, 0) is 0 Å². The van der Waals surface area contributed by atoms with Crippen LogP contribution in [0.1, 0.15) is 27.7 Å². The van der Waals surface area contributed by atoms with Crippen molar-refractivity contribution < 1.29 is 9.90 Å². The maximum Gasteiger partial charge on any atom is 0.336 e. The van der Waals surface area contributed by atoms with Crippen LogP contribution in [0.15, 0.2) is 54.6 Å². The summed E-state index contributed by atoms with van der Waals surface area (Å²) in [6.07, 6.45) is 0. The summed E-state index contributed by atoms with van der Waals surface area (Å²) in [5.74, 6) is -0.933. The summed E-state index contributed by atoms with van der Waals surface area (Å²) >= 11 is 3.53. The molecule has 22 heavy (non-hydrogen) atoms. The van der Waals surface area contributed by atoms with E-state index in [1.54, 1.807) is 6.07 Å². The Morgan fingerprint density at radius 2 is 1.73 bits per heavy atom. The lowest BCUT2D eigenvalue weighted by molar-refractivity contribution is 0.0698. The van der Waals surface area contributed by atoms with Crippen molar-refractivity contribution in [3.8, 4) is 11.3 Å². The number of para-hydroxylation sites is 1. The molecule has 0 saturated carbocycles. The van der Waals surface area contributed by atoms with Gasteiger partial charge >= 0.3 is 5.97 Å². The molecule has 0 fully saturated rings. The third-order valence-corrected chi connectivity index (χ3v) is 4.05. The number of nitrogens with zero attached hydrogens (tertiary/aromatic N) is 1. The number of fused-ring (bicyclic) bond motifs is 1. The van der Waals surface area contributed by atoms with E-state index >= 15 is 0 Å². The summed E-state index contributed by atoms with van der Waals surface area (Å²) in [6, 6.07) is 17.0. The first-order valence-corrected chi connectivity index (χ1v) is 7.86. The average Bonchev–Trinajstić information content (AvgIpc) is 2.53. The van der Waals surface area contributed by atoms with Gasteiger partial charge in [0.15, 0.2) is 0 Å². The van der Waals surface area contributed by atoms with Gasteiger partial charge in [-0.15, -0.1) is 0 Å². The summed E-state index contributed by atoms with van der Waals surface area (Å²) in [5.41, 5.74) is 3.33. The Morgan fingerprint density at radius 1 is 1.09 bits per heavy atom. The normalized spacial score (nSPS) is 12.3. The molecule has 0 saturated heterocycles. The molecule has 0 spiro atoms. The lowest BCUT2D eigenvalue weighted by atomic mass is 9.95. The molecule has 1 N–H and O–H groups in total. The van der Waals surface area contributed by atoms with Gasteiger partial charge in [-0.3, -0.25) is 0 Å². The van der Waals surface area contributed by atoms with Gasteiger partial charge in [0, 0.05) is 21.3 Å². The number of pyridine rings is 1. The van der Waals surface area contributed by atoms with E-state index in [9.17, 15) is 9.90 Å². The van der Waals surface area contributed by atoms with Crippen LogP contribution in [-0.4, -0.2) is 16.1 Å². The van der Waals surface area contributed by atoms with Gasteiger partial charge in [-0.2, -0.15) is 0 Å². The molecule has 110 valence electrons. The number of hydrogen-bond acceptors (Lipinski definition) is 2. The van der Waals surface area contributed by atoms with Gasteiger partial charge in [-0.05, 0) is 13.0 Å². The van der Waals surface area contributed by atoms with Gasteiger partial charge in [0.1, 0.15) is 0 Å². The lowest BCUT2D eigenvalue weighted by Gasteiger charge is -2.16. The monoisotopic (exact) mass is 355 g/mol. The van der Waals surface area contributed by atoms with Gasteiger partial charge in [0.05, 0.1) is 16.8 Å². The highest BCUT2D eigenvalue weighted by atomic mass is 79.9. The SMILES string of the molecule is CC(Br)c1c(-c2ccccc2)nc2ccccc2c1C(=O)O. The second-order valence-electron chi connectivity index (χ2n) is 5.05. The van der Waals surface area contributed by atoms with Gasteiger partial charge in [-0.1, -0.05) is 64.5 Å². The number of hydrogen-bond donors (Lipinski definition) is 1. The Balaban J connectivity index is 2.46. The highest BCUT2D eigenvalue weighted by Gasteiger charge is 2.23. The van der Waals surface area contributed by atoms with E-state index in [1.165, 1.54) is 0 Å². The van der Waals surface area contributed by atoms with Crippen molar-refractivity contribution in [3.05, 3.63) is 65.7 Å². The molecule has 1 atom stereocenters. The first-order chi connectivity index (χ1) is 10.6. The third kappa shape index (κ3) is 2.50. The zero-order valence-corrected chi connectivity index (χ0v) is 13.5. The number of halogens is 1. The van der Waals surface area contributed by atoms with Gasteiger partial charge in [0.2, 0.25) is 0 Å². The molecular weight excluding hydrogens is 342 g/mol. The highest BCUT2D eigenvalue weighted by molar-refractivity contribution is 9.09. The Morgan fingerprint density at radius 3 is 2.36 bits per heavy atom. The molecular formula is C18H14BrNO2. The molecule has 4 heteroatoms. The Labute approximate surface area is 136 Å². The fraction of sp³-hybridized carbons (Fsp3) is 0.111. The summed E-state index contributed by atoms with van der Waals surface area (Å²) in [4.78, 5) is 16.5. The van der Waals surface area contributed by atoms with Crippen molar-refractivity contribution >= 4 is 32.8 Å². The third-order valence-electron chi connectivity index (χ3n) is 3.59. The molecule has 1 aromatic heterocycles. The molecule has 0 bridgehead atoms. The maximum absolute atomic E-state index is 11.9. The number of alkyl halides is 1. The molecule has 0 radical (unpaired) electrons.